The summed E-state index contributed by atoms with van der Waals surface area (Å²) in [6, 6.07) is -1.66. The van der Waals surface area contributed by atoms with Gasteiger partial charge < -0.3 is 21.3 Å². The van der Waals surface area contributed by atoms with Crippen molar-refractivity contribution in [1.82, 2.24) is 0 Å². The Kier molecular flexibility index (Phi) is 3.23. The molecule has 13 heavy (non-hydrogen) atoms. The van der Waals surface area contributed by atoms with Crippen LogP contribution in [0.2, 0.25) is 0 Å². The van der Waals surface area contributed by atoms with Crippen molar-refractivity contribution in [3.63, 3.8) is 0 Å². The molecule has 0 heterocycles. The highest BCUT2D eigenvalue weighted by molar-refractivity contribution is 5.01. The second-order valence-electron chi connectivity index (χ2n) is 3.65. The van der Waals surface area contributed by atoms with E-state index >= 15 is 0 Å². The van der Waals surface area contributed by atoms with Crippen LogP contribution in [-0.4, -0.2) is 42.7 Å². The number of aliphatic hydroxyl groups is 1. The van der Waals surface area contributed by atoms with Crippen LogP contribution in [0.15, 0.2) is 0 Å². The number of rotatable bonds is 1. The molecule has 1 aliphatic rings. The first-order chi connectivity index (χ1) is 6.00. The molecule has 6 atom stereocenters. The Labute approximate surface area is 77.0 Å². The quantitative estimate of drug-likeness (QED) is 0.498. The van der Waals surface area contributed by atoms with Crippen LogP contribution in [0.25, 0.3) is 0 Å². The van der Waals surface area contributed by atoms with Gasteiger partial charge in [-0.25, -0.2) is 4.39 Å². The lowest BCUT2D eigenvalue weighted by Gasteiger charge is -2.42. The Hall–Kier alpha value is -0.230. The topological polar surface area (TPSA) is 81.5 Å². The number of alkyl halides is 1. The van der Waals surface area contributed by atoms with E-state index in [0.717, 1.165) is 0 Å². The Morgan fingerprint density at radius 1 is 1.31 bits per heavy atom. The van der Waals surface area contributed by atoms with Gasteiger partial charge in [-0.15, -0.1) is 0 Å². The molecule has 78 valence electrons. The van der Waals surface area contributed by atoms with Crippen molar-refractivity contribution >= 4 is 0 Å². The van der Waals surface area contributed by atoms with Crippen molar-refractivity contribution < 1.29 is 14.2 Å². The van der Waals surface area contributed by atoms with Crippen LogP contribution in [0.3, 0.4) is 0 Å². The average molecular weight is 192 g/mol. The van der Waals surface area contributed by atoms with Crippen LogP contribution in [0.1, 0.15) is 6.92 Å². The van der Waals surface area contributed by atoms with Crippen LogP contribution in [0.5, 0.6) is 0 Å². The van der Waals surface area contributed by atoms with Gasteiger partial charge >= 0.3 is 0 Å². The van der Waals surface area contributed by atoms with Crippen molar-refractivity contribution in [3.8, 4) is 0 Å². The summed E-state index contributed by atoms with van der Waals surface area (Å²) in [6.07, 6.45) is -2.76. The van der Waals surface area contributed by atoms with Crippen LogP contribution in [-0.2, 0) is 4.74 Å². The lowest BCUT2D eigenvalue weighted by atomic mass is 9.78. The molecule has 0 unspecified atom stereocenters. The second kappa shape index (κ2) is 3.88. The van der Waals surface area contributed by atoms with Gasteiger partial charge in [-0.3, -0.25) is 0 Å². The molecule has 0 aromatic carbocycles. The first kappa shape index (κ1) is 10.8. The summed E-state index contributed by atoms with van der Waals surface area (Å²) in [6.45, 7) is 1.75. The number of methoxy groups -OCH3 is 1. The predicted octanol–water partition coefficient (Wildman–Crippen LogP) is -0.995. The first-order valence-corrected chi connectivity index (χ1v) is 4.36. The molecule has 1 aliphatic carbocycles. The molecule has 0 spiro atoms. The predicted molar refractivity (Wildman–Crippen MR) is 46.8 cm³/mol. The van der Waals surface area contributed by atoms with Gasteiger partial charge in [0.1, 0.15) is 6.17 Å². The lowest BCUT2D eigenvalue weighted by Crippen LogP contribution is -2.65. The average Bonchev–Trinajstić information content (AvgIpc) is 2.13. The summed E-state index contributed by atoms with van der Waals surface area (Å²) >= 11 is 0. The van der Waals surface area contributed by atoms with Gasteiger partial charge in [0.2, 0.25) is 0 Å². The van der Waals surface area contributed by atoms with Gasteiger partial charge in [0.05, 0.1) is 24.3 Å². The molecule has 0 bridgehead atoms. The molecule has 0 radical (unpaired) electrons. The molecule has 0 amide bonds. The van der Waals surface area contributed by atoms with Gasteiger partial charge in [0.15, 0.2) is 0 Å². The van der Waals surface area contributed by atoms with Gasteiger partial charge in [-0.1, -0.05) is 6.92 Å². The standard InChI is InChI=1S/C8H17FN2O2/c1-3-7(12)5(10)4(9)6(11)8(3)13-2/h3-8,12H,10-11H2,1-2H3/t3-,4-,5-,6+,7-,8+/m1/s1. The summed E-state index contributed by atoms with van der Waals surface area (Å²) in [5.74, 6) is -0.234. The SMILES string of the molecule is CO[C@H]1[C@H](C)[C@@H](O)[C@H](N)[C@@H](F)[C@@H]1N. The minimum atomic E-state index is -1.41. The molecule has 5 heteroatoms. The van der Waals surface area contributed by atoms with E-state index in [2.05, 4.69) is 0 Å². The lowest BCUT2D eigenvalue weighted by molar-refractivity contribution is -0.0868. The summed E-state index contributed by atoms with van der Waals surface area (Å²) in [5, 5.41) is 9.54. The minimum Gasteiger partial charge on any atom is -0.391 e. The third kappa shape index (κ3) is 1.69. The Morgan fingerprint density at radius 2 is 1.85 bits per heavy atom. The van der Waals surface area contributed by atoms with E-state index in [1.54, 1.807) is 6.92 Å². The molecule has 0 saturated heterocycles. The number of ether oxygens (including phenoxy) is 1. The Balaban J connectivity index is 2.79. The van der Waals surface area contributed by atoms with Gasteiger partial charge in [-0.05, 0) is 0 Å². The Morgan fingerprint density at radius 3 is 2.31 bits per heavy atom. The van der Waals surface area contributed by atoms with Gasteiger partial charge in [0.25, 0.3) is 0 Å². The molecular weight excluding hydrogens is 175 g/mol. The molecule has 0 aromatic heterocycles. The summed E-state index contributed by atoms with van der Waals surface area (Å²) in [7, 11) is 1.46. The van der Waals surface area contributed by atoms with E-state index < -0.39 is 30.5 Å². The molecular formula is C8H17FN2O2. The van der Waals surface area contributed by atoms with E-state index in [4.69, 9.17) is 16.2 Å². The van der Waals surface area contributed by atoms with E-state index in [0.29, 0.717) is 0 Å². The highest BCUT2D eigenvalue weighted by Gasteiger charge is 2.46. The zero-order chi connectivity index (χ0) is 10.2. The van der Waals surface area contributed by atoms with Gasteiger partial charge in [0, 0.05) is 13.0 Å². The van der Waals surface area contributed by atoms with Crippen molar-refractivity contribution in [3.05, 3.63) is 0 Å². The van der Waals surface area contributed by atoms with E-state index in [9.17, 15) is 9.50 Å². The fourth-order valence-corrected chi connectivity index (χ4v) is 1.89. The highest BCUT2D eigenvalue weighted by Crippen LogP contribution is 2.27. The highest BCUT2D eigenvalue weighted by atomic mass is 19.1. The summed E-state index contributed by atoms with van der Waals surface area (Å²) < 4.78 is 18.4. The number of hydrogen-bond donors (Lipinski definition) is 3. The third-order valence-corrected chi connectivity index (χ3v) is 2.84. The monoisotopic (exact) mass is 192 g/mol. The van der Waals surface area contributed by atoms with Crippen LogP contribution in [0.4, 0.5) is 4.39 Å². The number of halogens is 1. The molecule has 0 aromatic rings. The molecule has 5 N–H and O–H groups in total. The number of aliphatic hydroxyl groups excluding tert-OH is 1. The van der Waals surface area contributed by atoms with Crippen LogP contribution < -0.4 is 11.5 Å². The zero-order valence-electron chi connectivity index (χ0n) is 7.85. The smallest absolute Gasteiger partial charge is 0.135 e. The van der Waals surface area contributed by atoms with E-state index in [1.165, 1.54) is 7.11 Å². The van der Waals surface area contributed by atoms with Crippen LogP contribution in [0, 0.1) is 5.92 Å². The summed E-state index contributed by atoms with van der Waals surface area (Å²) in [5.41, 5.74) is 11.0. The normalized spacial score (nSPS) is 52.2. The minimum absolute atomic E-state index is 0.234. The maximum atomic E-state index is 13.3. The molecule has 1 saturated carbocycles. The number of nitrogens with two attached hydrogens (primary N) is 2. The second-order valence-corrected chi connectivity index (χ2v) is 3.65. The third-order valence-electron chi connectivity index (χ3n) is 2.84. The molecule has 4 nitrogen and oxygen atoms in total. The van der Waals surface area contributed by atoms with Crippen LogP contribution >= 0.6 is 0 Å². The van der Waals surface area contributed by atoms with Crippen molar-refractivity contribution in [2.24, 2.45) is 17.4 Å². The zero-order valence-corrected chi connectivity index (χ0v) is 7.85. The Bertz CT molecular complexity index is 166. The largest absolute Gasteiger partial charge is 0.391 e. The fourth-order valence-electron chi connectivity index (χ4n) is 1.89. The molecule has 1 rings (SSSR count). The fraction of sp³-hybridized carbons (Fsp3) is 1.00. The van der Waals surface area contributed by atoms with E-state index in [-0.39, 0.29) is 5.92 Å². The number of hydrogen-bond acceptors (Lipinski definition) is 4. The molecule has 0 aliphatic heterocycles. The van der Waals surface area contributed by atoms with Gasteiger partial charge in [-0.2, -0.15) is 0 Å². The summed E-state index contributed by atoms with van der Waals surface area (Å²) in [4.78, 5) is 0. The maximum absolute atomic E-state index is 13.3. The first-order valence-electron chi connectivity index (χ1n) is 4.36. The van der Waals surface area contributed by atoms with Crippen molar-refractivity contribution in [1.29, 1.82) is 0 Å². The van der Waals surface area contributed by atoms with Crippen molar-refractivity contribution in [2.75, 3.05) is 7.11 Å². The van der Waals surface area contributed by atoms with E-state index in [1.807, 2.05) is 0 Å². The maximum Gasteiger partial charge on any atom is 0.135 e. The van der Waals surface area contributed by atoms with Crippen molar-refractivity contribution in [2.45, 2.75) is 37.4 Å². The molecule has 1 fully saturated rings.